The third-order valence-electron chi connectivity index (χ3n) is 9.97. The summed E-state index contributed by atoms with van der Waals surface area (Å²) in [5, 5.41) is 11.1. The lowest BCUT2D eigenvalue weighted by Crippen LogP contribution is -1.92. The first-order chi connectivity index (χ1) is 23.2. The maximum atomic E-state index is 6.54. The molecule has 0 spiro atoms. The van der Waals surface area contributed by atoms with E-state index in [4.69, 9.17) is 11.6 Å². The van der Waals surface area contributed by atoms with Crippen molar-refractivity contribution in [1.82, 2.24) is 19.4 Å². The highest BCUT2D eigenvalue weighted by molar-refractivity contribution is 6.33. The van der Waals surface area contributed by atoms with E-state index >= 15 is 0 Å². The Labute approximate surface area is 272 Å². The van der Waals surface area contributed by atoms with Gasteiger partial charge in [-0.2, -0.15) is 0 Å². The molecule has 0 amide bonds. The summed E-state index contributed by atoms with van der Waals surface area (Å²) in [7, 11) is 0. The smallest absolute Gasteiger partial charge is 0.223 e. The first-order valence-electron chi connectivity index (χ1n) is 15.8. The van der Waals surface area contributed by atoms with E-state index in [2.05, 4.69) is 153 Å². The number of para-hydroxylation sites is 2. The highest BCUT2D eigenvalue weighted by atomic mass is 35.5. The minimum Gasteiger partial charge on any atom is -0.354 e. The summed E-state index contributed by atoms with van der Waals surface area (Å²) in [6.45, 7) is 0. The van der Waals surface area contributed by atoms with E-state index in [1.807, 2.05) is 0 Å². The molecule has 0 aliphatic rings. The quantitative estimate of drug-likeness (QED) is 0.196. The Morgan fingerprint density at radius 1 is 0.511 bits per heavy atom. The van der Waals surface area contributed by atoms with Crippen LogP contribution in [-0.2, 0) is 0 Å². The number of H-pyrrole nitrogens is 1. The zero-order chi connectivity index (χ0) is 30.8. The van der Waals surface area contributed by atoms with Crippen molar-refractivity contribution in [3.8, 4) is 22.4 Å². The van der Waals surface area contributed by atoms with Crippen LogP contribution in [0, 0.1) is 0 Å². The Morgan fingerprint density at radius 2 is 1.23 bits per heavy atom. The van der Waals surface area contributed by atoms with Crippen molar-refractivity contribution in [3.05, 3.63) is 139 Å². The number of rotatable bonds is 2. The van der Waals surface area contributed by atoms with Gasteiger partial charge in [-0.15, -0.1) is 0 Å². The van der Waals surface area contributed by atoms with Crippen LogP contribution in [0.3, 0.4) is 0 Å². The molecule has 4 aromatic heterocycles. The van der Waals surface area contributed by atoms with Crippen LogP contribution in [0.25, 0.3) is 104 Å². The molecule has 218 valence electrons. The number of aromatic amines is 1. The van der Waals surface area contributed by atoms with E-state index in [0.29, 0.717) is 0 Å². The van der Waals surface area contributed by atoms with Gasteiger partial charge in [0.15, 0.2) is 0 Å². The van der Waals surface area contributed by atoms with Crippen molar-refractivity contribution in [3.63, 3.8) is 0 Å². The fourth-order valence-electron chi connectivity index (χ4n) is 7.89. The van der Waals surface area contributed by atoms with Crippen molar-refractivity contribution in [1.29, 1.82) is 0 Å². The summed E-state index contributed by atoms with van der Waals surface area (Å²) in [4.78, 5) is 13.2. The van der Waals surface area contributed by atoms with E-state index < -0.39 is 0 Å². The summed E-state index contributed by atoms with van der Waals surface area (Å²) < 4.78 is 2.43. The number of nitrogens with zero attached hydrogens (tertiary/aromatic N) is 3. The molecule has 11 rings (SSSR count). The molecule has 0 aliphatic carbocycles. The molecule has 11 aromatic rings. The predicted molar refractivity (Wildman–Crippen MR) is 197 cm³/mol. The fraction of sp³-hybridized carbons (Fsp3) is 0. The van der Waals surface area contributed by atoms with E-state index in [1.165, 1.54) is 65.2 Å². The van der Waals surface area contributed by atoms with E-state index in [0.717, 1.165) is 38.8 Å². The third kappa shape index (κ3) is 3.42. The predicted octanol–water partition coefficient (Wildman–Crippen LogP) is 11.6. The van der Waals surface area contributed by atoms with E-state index in [9.17, 15) is 0 Å². The van der Waals surface area contributed by atoms with E-state index in [1.54, 1.807) is 0 Å². The number of aromatic nitrogens is 4. The van der Waals surface area contributed by atoms with Gasteiger partial charge in [-0.1, -0.05) is 84.9 Å². The van der Waals surface area contributed by atoms with Crippen LogP contribution < -0.4 is 0 Å². The maximum Gasteiger partial charge on any atom is 0.223 e. The van der Waals surface area contributed by atoms with Crippen LogP contribution in [0.2, 0.25) is 5.28 Å². The highest BCUT2D eigenvalue weighted by Crippen LogP contribution is 2.45. The summed E-state index contributed by atoms with van der Waals surface area (Å²) in [5.41, 5.74) is 11.0. The molecule has 1 N–H and O–H groups in total. The SMILES string of the molecule is Clc1nc(-c2ccc3ccccc3c2)c2ccc(-c3ccc4[nH]c5c(cc6c7ccccc7n7c8ccccc8c5c67)c4c3)cc2n1. The van der Waals surface area contributed by atoms with Gasteiger partial charge in [0.25, 0.3) is 0 Å². The summed E-state index contributed by atoms with van der Waals surface area (Å²) in [6, 6.07) is 47.8. The number of nitrogens with one attached hydrogen (secondary N) is 1. The van der Waals surface area contributed by atoms with Gasteiger partial charge in [-0.05, 0) is 82.0 Å². The van der Waals surface area contributed by atoms with Gasteiger partial charge in [0.1, 0.15) is 0 Å². The number of benzene rings is 7. The van der Waals surface area contributed by atoms with E-state index in [-0.39, 0.29) is 5.28 Å². The third-order valence-corrected chi connectivity index (χ3v) is 10.1. The van der Waals surface area contributed by atoms with Crippen LogP contribution in [0.1, 0.15) is 0 Å². The molecule has 0 saturated carbocycles. The molecule has 4 heterocycles. The highest BCUT2D eigenvalue weighted by Gasteiger charge is 2.21. The minimum atomic E-state index is 0.242. The second kappa shape index (κ2) is 9.06. The van der Waals surface area contributed by atoms with Gasteiger partial charge >= 0.3 is 0 Å². The van der Waals surface area contributed by atoms with Crippen molar-refractivity contribution < 1.29 is 0 Å². The molecular weight excluding hydrogens is 596 g/mol. The molecule has 0 atom stereocenters. The van der Waals surface area contributed by atoms with Crippen LogP contribution >= 0.6 is 11.6 Å². The van der Waals surface area contributed by atoms with Crippen LogP contribution in [-0.4, -0.2) is 19.4 Å². The largest absolute Gasteiger partial charge is 0.354 e. The molecule has 0 unspecified atom stereocenters. The lowest BCUT2D eigenvalue weighted by Gasteiger charge is -2.10. The average molecular weight is 619 g/mol. The van der Waals surface area contributed by atoms with Crippen molar-refractivity contribution >= 4 is 93.2 Å². The summed E-state index contributed by atoms with van der Waals surface area (Å²) in [6.07, 6.45) is 0. The van der Waals surface area contributed by atoms with Gasteiger partial charge in [0, 0.05) is 48.8 Å². The molecule has 7 aromatic carbocycles. The second-order valence-corrected chi connectivity index (χ2v) is 12.8. The molecule has 0 aliphatic heterocycles. The number of halogens is 1. The zero-order valence-corrected chi connectivity index (χ0v) is 25.7. The van der Waals surface area contributed by atoms with Crippen molar-refractivity contribution in [2.75, 3.05) is 0 Å². The topological polar surface area (TPSA) is 46.0 Å². The van der Waals surface area contributed by atoms with Gasteiger partial charge in [-0.25, -0.2) is 9.97 Å². The molecule has 0 saturated heterocycles. The second-order valence-electron chi connectivity index (χ2n) is 12.5. The Hall–Kier alpha value is -5.97. The lowest BCUT2D eigenvalue weighted by atomic mass is 9.98. The van der Waals surface area contributed by atoms with Crippen LogP contribution in [0.4, 0.5) is 0 Å². The molecule has 47 heavy (non-hydrogen) atoms. The molecule has 4 nitrogen and oxygen atoms in total. The van der Waals surface area contributed by atoms with Crippen LogP contribution in [0.15, 0.2) is 133 Å². The van der Waals surface area contributed by atoms with Gasteiger partial charge in [0.2, 0.25) is 5.28 Å². The molecular formula is C42H23ClN4. The van der Waals surface area contributed by atoms with Gasteiger partial charge in [0.05, 0.1) is 33.3 Å². The summed E-state index contributed by atoms with van der Waals surface area (Å²) >= 11 is 6.54. The average Bonchev–Trinajstić information content (AvgIpc) is 3.77. The Balaban J connectivity index is 1.13. The van der Waals surface area contributed by atoms with Crippen molar-refractivity contribution in [2.45, 2.75) is 0 Å². The first-order valence-corrected chi connectivity index (χ1v) is 16.2. The van der Waals surface area contributed by atoms with Gasteiger partial charge < -0.3 is 9.38 Å². The Morgan fingerprint density at radius 3 is 2.13 bits per heavy atom. The lowest BCUT2D eigenvalue weighted by molar-refractivity contribution is 1.23. The minimum absolute atomic E-state index is 0.242. The number of hydrogen-bond donors (Lipinski definition) is 1. The Kier molecular flexibility index (Phi) is 4.87. The zero-order valence-electron chi connectivity index (χ0n) is 24.9. The van der Waals surface area contributed by atoms with Crippen LogP contribution in [0.5, 0.6) is 0 Å². The normalized spacial score (nSPS) is 12.4. The first kappa shape index (κ1) is 25.2. The number of hydrogen-bond acceptors (Lipinski definition) is 2. The van der Waals surface area contributed by atoms with Crippen molar-refractivity contribution in [2.24, 2.45) is 0 Å². The fourth-order valence-corrected chi connectivity index (χ4v) is 8.07. The molecule has 0 radical (unpaired) electrons. The molecule has 5 heteroatoms. The van der Waals surface area contributed by atoms with Gasteiger partial charge in [-0.3, -0.25) is 0 Å². The maximum absolute atomic E-state index is 6.54. The summed E-state index contributed by atoms with van der Waals surface area (Å²) in [5.74, 6) is 0. The Bertz CT molecular complexity index is 3090. The molecule has 0 bridgehead atoms. The number of fused-ring (bicyclic) bond motifs is 12. The standard InChI is InChI=1S/C42H23ClN4/c43-42-45-35-21-26(15-17-29(35)39(46-42)27-14-13-23-7-1-2-8-24(23)19-27)25-16-18-34-31(20-25)32-22-33-28-9-3-5-11-36(28)47-37-12-6-4-10-30(37)38(41(33)47)40(32)44-34/h1-22,44H. The molecule has 0 fully saturated rings. The monoisotopic (exact) mass is 618 g/mol.